The van der Waals surface area contributed by atoms with E-state index in [4.69, 9.17) is 46.4 Å². The largest absolute Gasteiger partial charge is 0.386 e. The minimum absolute atomic E-state index is 0.318. The second-order valence-electron chi connectivity index (χ2n) is 3.90. The van der Waals surface area contributed by atoms with Crippen LogP contribution in [0.15, 0.2) is 60.7 Å². The van der Waals surface area contributed by atoms with Crippen molar-refractivity contribution in [3.8, 4) is 0 Å². The molecule has 2 rings (SSSR count). The predicted octanol–water partition coefficient (Wildman–Crippen LogP) is 5.17. The molecular weight excluding hydrogens is 386 g/mol. The lowest BCUT2D eigenvalue weighted by atomic mass is 10.2. The van der Waals surface area contributed by atoms with Crippen LogP contribution in [0.5, 0.6) is 0 Å². The molecule has 0 amide bonds. The van der Waals surface area contributed by atoms with Crippen LogP contribution in [-0.2, 0) is 9.78 Å². The van der Waals surface area contributed by atoms with Gasteiger partial charge in [0, 0.05) is 0 Å². The number of hydrogen-bond donors (Lipinski definition) is 0. The number of carbonyl (C=O) groups excluding carboxylic acids is 2. The first-order valence-corrected chi connectivity index (χ1v) is 7.57. The summed E-state index contributed by atoms with van der Waals surface area (Å²) in [6.45, 7) is 0. The molecular formula is C15H10Cl4O4. The molecule has 0 aliphatic rings. The smallest absolute Gasteiger partial charge is 0.242 e. The topological polar surface area (TPSA) is 52.6 Å². The van der Waals surface area contributed by atoms with E-state index in [1.165, 1.54) is 0 Å². The molecule has 4 nitrogen and oxygen atoms in total. The van der Waals surface area contributed by atoms with E-state index in [0.29, 0.717) is 11.1 Å². The van der Waals surface area contributed by atoms with Crippen LogP contribution in [0.1, 0.15) is 20.7 Å². The van der Waals surface area contributed by atoms with Crippen molar-refractivity contribution in [1.29, 1.82) is 0 Å². The van der Waals surface area contributed by atoms with Gasteiger partial charge in [0.1, 0.15) is 0 Å². The van der Waals surface area contributed by atoms with E-state index in [1.807, 2.05) is 0 Å². The molecule has 0 aliphatic heterocycles. The van der Waals surface area contributed by atoms with Gasteiger partial charge in [-0.15, -0.1) is 0 Å². The van der Waals surface area contributed by atoms with E-state index in [0.717, 1.165) is 0 Å². The number of carbonyl (C=O) groups is 2. The molecule has 0 radical (unpaired) electrons. The second-order valence-corrected chi connectivity index (χ2v) is 7.33. The number of halogens is 4. The third-order valence-electron chi connectivity index (χ3n) is 2.21. The summed E-state index contributed by atoms with van der Waals surface area (Å²) in [7, 11) is 0. The van der Waals surface area contributed by atoms with Gasteiger partial charge in [-0.2, -0.15) is 0 Å². The molecule has 0 unspecified atom stereocenters. The van der Waals surface area contributed by atoms with Crippen LogP contribution in [0, 0.1) is 0 Å². The molecule has 0 fully saturated rings. The zero-order valence-corrected chi connectivity index (χ0v) is 14.4. The zero-order valence-electron chi connectivity index (χ0n) is 11.4. The summed E-state index contributed by atoms with van der Waals surface area (Å²) >= 11 is 19.3. The molecule has 0 aliphatic carbocycles. The van der Waals surface area contributed by atoms with Crippen molar-refractivity contribution in [3.63, 3.8) is 0 Å². The van der Waals surface area contributed by atoms with E-state index < -0.39 is 15.2 Å². The lowest BCUT2D eigenvalue weighted by Crippen LogP contribution is -2.11. The Labute approximate surface area is 152 Å². The van der Waals surface area contributed by atoms with Gasteiger partial charge in [0.2, 0.25) is 0 Å². The van der Waals surface area contributed by atoms with Crippen LogP contribution in [0.4, 0.5) is 0 Å². The van der Waals surface area contributed by atoms with Gasteiger partial charge in [-0.3, -0.25) is 0 Å². The highest BCUT2D eigenvalue weighted by atomic mass is 35.6. The molecule has 0 aromatic heterocycles. The van der Waals surface area contributed by atoms with Gasteiger partial charge in [0.15, 0.2) is 0 Å². The maximum Gasteiger partial charge on any atom is 0.386 e. The number of rotatable bonds is 2. The lowest BCUT2D eigenvalue weighted by Gasteiger charge is -2.02. The Morgan fingerprint density at radius 3 is 1.17 bits per heavy atom. The molecule has 0 spiro atoms. The van der Waals surface area contributed by atoms with Crippen molar-refractivity contribution in [2.75, 3.05) is 0 Å². The summed E-state index contributed by atoms with van der Waals surface area (Å²) in [5.74, 6) is -1.42. The Hall–Kier alpha value is -1.46. The zero-order chi connectivity index (χ0) is 17.3. The van der Waals surface area contributed by atoms with Crippen LogP contribution in [0.25, 0.3) is 0 Å². The van der Waals surface area contributed by atoms with Gasteiger partial charge in [-0.1, -0.05) is 82.8 Å². The van der Waals surface area contributed by atoms with E-state index in [-0.39, 0.29) is 0 Å². The highest BCUT2D eigenvalue weighted by Crippen LogP contribution is 2.29. The summed E-state index contributed by atoms with van der Waals surface area (Å²) < 4.78 is -1.61. The molecule has 23 heavy (non-hydrogen) atoms. The number of benzene rings is 2. The quantitative estimate of drug-likeness (QED) is 0.400. The molecule has 8 heteroatoms. The fourth-order valence-corrected chi connectivity index (χ4v) is 1.32. The Bertz CT molecular complexity index is 569. The van der Waals surface area contributed by atoms with Crippen molar-refractivity contribution in [2.24, 2.45) is 0 Å². The highest BCUT2D eigenvalue weighted by Gasteiger charge is 2.13. The van der Waals surface area contributed by atoms with Gasteiger partial charge in [-0.05, 0) is 24.3 Å². The summed E-state index contributed by atoms with van der Waals surface area (Å²) in [4.78, 5) is 31.9. The molecule has 2 aromatic carbocycles. The molecule has 0 bridgehead atoms. The van der Waals surface area contributed by atoms with Crippen LogP contribution >= 0.6 is 46.4 Å². The molecule has 0 heterocycles. The average molecular weight is 396 g/mol. The summed E-state index contributed by atoms with van der Waals surface area (Å²) in [5, 5.41) is 0. The second kappa shape index (κ2) is 9.63. The maximum absolute atomic E-state index is 11.5. The molecule has 2 aromatic rings. The lowest BCUT2D eigenvalue weighted by molar-refractivity contribution is -0.187. The minimum Gasteiger partial charge on any atom is -0.242 e. The Morgan fingerprint density at radius 1 is 0.652 bits per heavy atom. The first-order chi connectivity index (χ1) is 10.8. The summed E-state index contributed by atoms with van der Waals surface area (Å²) in [6, 6.07) is 16.6. The van der Waals surface area contributed by atoms with Gasteiger partial charge in [0.05, 0.1) is 11.1 Å². The first kappa shape index (κ1) is 19.6. The van der Waals surface area contributed by atoms with Crippen molar-refractivity contribution in [1.82, 2.24) is 0 Å². The van der Waals surface area contributed by atoms with E-state index in [9.17, 15) is 9.59 Å². The average Bonchev–Trinajstić information content (AvgIpc) is 2.52. The standard InChI is InChI=1S/C14H10O4.CCl4/c15-13(11-7-3-1-4-8-11)17-18-14(16)12-9-5-2-6-10-12;2-1(3,4)5/h1-10H;. The number of alkyl halides is 4. The van der Waals surface area contributed by atoms with Crippen molar-refractivity contribution in [3.05, 3.63) is 71.8 Å². The van der Waals surface area contributed by atoms with E-state index in [1.54, 1.807) is 60.7 Å². The minimum atomic E-state index is -1.61. The third kappa shape index (κ3) is 9.31. The molecule has 0 saturated carbocycles. The summed E-state index contributed by atoms with van der Waals surface area (Å²) in [6.07, 6.45) is 0. The third-order valence-corrected chi connectivity index (χ3v) is 2.21. The first-order valence-electron chi connectivity index (χ1n) is 6.06. The van der Waals surface area contributed by atoms with Crippen LogP contribution < -0.4 is 0 Å². The van der Waals surface area contributed by atoms with Crippen LogP contribution in [0.3, 0.4) is 0 Å². The van der Waals surface area contributed by atoms with E-state index in [2.05, 4.69) is 9.78 Å². The molecule has 0 N–H and O–H groups in total. The monoisotopic (exact) mass is 394 g/mol. The van der Waals surface area contributed by atoms with Gasteiger partial charge < -0.3 is 0 Å². The van der Waals surface area contributed by atoms with Gasteiger partial charge in [-0.25, -0.2) is 19.4 Å². The maximum atomic E-state index is 11.5. The fraction of sp³-hybridized carbons (Fsp3) is 0.0667. The predicted molar refractivity (Wildman–Crippen MR) is 89.9 cm³/mol. The Balaban J connectivity index is 0.000000463. The van der Waals surface area contributed by atoms with Crippen molar-refractivity contribution < 1.29 is 19.4 Å². The normalized spacial score (nSPS) is 10.1. The molecule has 122 valence electrons. The highest BCUT2D eigenvalue weighted by molar-refractivity contribution is 6.83. The Kier molecular flexibility index (Phi) is 8.20. The van der Waals surface area contributed by atoms with Crippen molar-refractivity contribution in [2.45, 2.75) is 3.25 Å². The van der Waals surface area contributed by atoms with Crippen LogP contribution in [-0.4, -0.2) is 15.2 Å². The number of hydrogen-bond acceptors (Lipinski definition) is 4. The van der Waals surface area contributed by atoms with Gasteiger partial charge in [0.25, 0.3) is 3.25 Å². The summed E-state index contributed by atoms with van der Waals surface area (Å²) in [5.41, 5.74) is 0.636. The fourth-order valence-electron chi connectivity index (χ4n) is 1.32. The van der Waals surface area contributed by atoms with Crippen LogP contribution in [0.2, 0.25) is 0 Å². The molecule has 0 atom stereocenters. The van der Waals surface area contributed by atoms with Gasteiger partial charge >= 0.3 is 11.9 Å². The SMILES string of the molecule is ClC(Cl)(Cl)Cl.O=C(OOC(=O)c1ccccc1)c1ccccc1. The van der Waals surface area contributed by atoms with E-state index >= 15 is 0 Å². The molecule has 0 saturated heterocycles. The van der Waals surface area contributed by atoms with Crippen molar-refractivity contribution >= 4 is 58.3 Å². The Morgan fingerprint density at radius 2 is 0.913 bits per heavy atom.